The van der Waals surface area contributed by atoms with Crippen molar-refractivity contribution in [3.63, 3.8) is 0 Å². The van der Waals surface area contributed by atoms with Crippen LogP contribution in [0.15, 0.2) is 27.4 Å². The van der Waals surface area contributed by atoms with Crippen LogP contribution < -0.4 is 10.4 Å². The second kappa shape index (κ2) is 5.53. The number of aryl methyl sites for hydroxylation is 3. The van der Waals surface area contributed by atoms with Crippen LogP contribution in [0.4, 0.5) is 0 Å². The monoisotopic (exact) mass is 313 g/mol. The molecule has 0 bridgehead atoms. The molecule has 120 valence electrons. The lowest BCUT2D eigenvalue weighted by Gasteiger charge is -2.14. The summed E-state index contributed by atoms with van der Waals surface area (Å²) in [5.41, 5.74) is 1.77. The van der Waals surface area contributed by atoms with Gasteiger partial charge >= 0.3 is 5.63 Å². The summed E-state index contributed by atoms with van der Waals surface area (Å²) in [4.78, 5) is 16.2. The highest BCUT2D eigenvalue weighted by Crippen LogP contribution is 2.26. The smallest absolute Gasteiger partial charge is 0.339 e. The van der Waals surface area contributed by atoms with Gasteiger partial charge in [-0.2, -0.15) is 5.10 Å². The van der Waals surface area contributed by atoms with Crippen LogP contribution >= 0.6 is 0 Å². The fourth-order valence-electron chi connectivity index (χ4n) is 2.64. The fraction of sp³-hybridized carbons (Fsp3) is 0.353. The quantitative estimate of drug-likeness (QED) is 0.695. The van der Waals surface area contributed by atoms with Crippen molar-refractivity contribution >= 4 is 11.0 Å². The average molecular weight is 313 g/mol. The van der Waals surface area contributed by atoms with Gasteiger partial charge in [-0.3, -0.25) is 0 Å². The average Bonchev–Trinajstić information content (AvgIpc) is 2.83. The van der Waals surface area contributed by atoms with E-state index in [2.05, 4.69) is 10.1 Å². The van der Waals surface area contributed by atoms with E-state index in [1.807, 2.05) is 40.0 Å². The van der Waals surface area contributed by atoms with Crippen LogP contribution in [-0.4, -0.2) is 14.8 Å². The van der Waals surface area contributed by atoms with E-state index in [-0.39, 0.29) is 11.7 Å². The van der Waals surface area contributed by atoms with E-state index in [0.29, 0.717) is 22.7 Å². The largest absolute Gasteiger partial charge is 0.483 e. The molecule has 0 radical (unpaired) electrons. The van der Waals surface area contributed by atoms with Gasteiger partial charge in [-0.15, -0.1) is 0 Å². The zero-order chi connectivity index (χ0) is 16.7. The summed E-state index contributed by atoms with van der Waals surface area (Å²) in [5.74, 6) is 2.06. The molecule has 0 aliphatic heterocycles. The van der Waals surface area contributed by atoms with Crippen LogP contribution in [-0.2, 0) is 7.05 Å². The van der Waals surface area contributed by atoms with Crippen molar-refractivity contribution in [3.8, 4) is 5.75 Å². The SMILES string of the molecule is Cc1nc(C(C)Oc2ccc3c(C)c(C)c(=O)oc3c2)n(C)n1. The Hall–Kier alpha value is -2.63. The maximum absolute atomic E-state index is 11.8. The van der Waals surface area contributed by atoms with Gasteiger partial charge in [-0.25, -0.2) is 14.5 Å². The van der Waals surface area contributed by atoms with Crippen molar-refractivity contribution in [3.05, 3.63) is 51.4 Å². The Labute approximate surface area is 133 Å². The summed E-state index contributed by atoms with van der Waals surface area (Å²) in [6, 6.07) is 5.52. The molecule has 3 aromatic rings. The Bertz CT molecular complexity index is 940. The zero-order valence-corrected chi connectivity index (χ0v) is 13.9. The molecule has 0 saturated carbocycles. The van der Waals surface area contributed by atoms with Crippen molar-refractivity contribution in [2.45, 2.75) is 33.8 Å². The third-order valence-electron chi connectivity index (χ3n) is 4.01. The molecule has 0 amide bonds. The van der Waals surface area contributed by atoms with Crippen LogP contribution in [0.2, 0.25) is 0 Å². The minimum Gasteiger partial charge on any atom is -0.483 e. The highest BCUT2D eigenvalue weighted by molar-refractivity contribution is 5.82. The van der Waals surface area contributed by atoms with E-state index >= 15 is 0 Å². The molecule has 2 heterocycles. The molecular formula is C17H19N3O3. The maximum atomic E-state index is 11.8. The molecule has 0 spiro atoms. The summed E-state index contributed by atoms with van der Waals surface area (Å²) in [6.45, 7) is 7.43. The van der Waals surface area contributed by atoms with Crippen LogP contribution in [0.1, 0.15) is 35.8 Å². The predicted molar refractivity (Wildman–Crippen MR) is 86.7 cm³/mol. The maximum Gasteiger partial charge on any atom is 0.339 e. The van der Waals surface area contributed by atoms with E-state index in [1.54, 1.807) is 17.7 Å². The molecule has 0 aliphatic rings. The Balaban J connectivity index is 1.96. The second-order valence-electron chi connectivity index (χ2n) is 5.70. The molecule has 0 fully saturated rings. The normalized spacial score (nSPS) is 12.6. The Morgan fingerprint density at radius 3 is 2.61 bits per heavy atom. The molecule has 23 heavy (non-hydrogen) atoms. The number of hydrogen-bond acceptors (Lipinski definition) is 5. The molecule has 0 aliphatic carbocycles. The van der Waals surface area contributed by atoms with E-state index < -0.39 is 0 Å². The minimum atomic E-state index is -0.316. The number of aromatic nitrogens is 3. The van der Waals surface area contributed by atoms with Gasteiger partial charge in [0, 0.05) is 24.1 Å². The minimum absolute atomic E-state index is 0.267. The van der Waals surface area contributed by atoms with Gasteiger partial charge in [-0.1, -0.05) is 0 Å². The molecule has 3 rings (SSSR count). The number of rotatable bonds is 3. The first kappa shape index (κ1) is 15.3. The molecule has 6 heteroatoms. The molecule has 1 aromatic carbocycles. The van der Waals surface area contributed by atoms with E-state index in [4.69, 9.17) is 9.15 Å². The molecular weight excluding hydrogens is 294 g/mol. The first-order valence-electron chi connectivity index (χ1n) is 7.45. The van der Waals surface area contributed by atoms with Crippen LogP contribution in [0, 0.1) is 20.8 Å². The molecule has 6 nitrogen and oxygen atoms in total. The zero-order valence-electron chi connectivity index (χ0n) is 13.9. The lowest BCUT2D eigenvalue weighted by atomic mass is 10.1. The van der Waals surface area contributed by atoms with Crippen molar-refractivity contribution in [1.29, 1.82) is 0 Å². The highest BCUT2D eigenvalue weighted by Gasteiger charge is 2.16. The summed E-state index contributed by atoms with van der Waals surface area (Å²) < 4.78 is 13.0. The van der Waals surface area contributed by atoms with Gasteiger partial charge in [0.2, 0.25) is 0 Å². The van der Waals surface area contributed by atoms with Crippen molar-refractivity contribution in [2.24, 2.45) is 7.05 Å². The van der Waals surface area contributed by atoms with Gasteiger partial charge in [0.15, 0.2) is 11.9 Å². The van der Waals surface area contributed by atoms with E-state index in [1.165, 1.54) is 0 Å². The van der Waals surface area contributed by atoms with Crippen molar-refractivity contribution in [2.75, 3.05) is 0 Å². The Morgan fingerprint density at radius 2 is 1.96 bits per heavy atom. The molecule has 0 N–H and O–H groups in total. The van der Waals surface area contributed by atoms with E-state index in [0.717, 1.165) is 16.8 Å². The Morgan fingerprint density at radius 1 is 1.22 bits per heavy atom. The number of hydrogen-bond donors (Lipinski definition) is 0. The molecule has 0 saturated heterocycles. The first-order chi connectivity index (χ1) is 10.9. The molecule has 2 aromatic heterocycles. The van der Waals surface area contributed by atoms with Crippen molar-refractivity contribution in [1.82, 2.24) is 14.8 Å². The first-order valence-corrected chi connectivity index (χ1v) is 7.45. The highest BCUT2D eigenvalue weighted by atomic mass is 16.5. The van der Waals surface area contributed by atoms with Gasteiger partial charge in [0.25, 0.3) is 0 Å². The van der Waals surface area contributed by atoms with Gasteiger partial charge in [0.05, 0.1) is 0 Å². The molecule has 1 atom stereocenters. The van der Waals surface area contributed by atoms with E-state index in [9.17, 15) is 4.79 Å². The van der Waals surface area contributed by atoms with Gasteiger partial charge in [-0.05, 0) is 45.4 Å². The summed E-state index contributed by atoms with van der Waals surface area (Å²) >= 11 is 0. The lowest BCUT2D eigenvalue weighted by Crippen LogP contribution is -2.10. The number of nitrogens with zero attached hydrogens (tertiary/aromatic N) is 3. The summed E-state index contributed by atoms with van der Waals surface area (Å²) in [7, 11) is 1.83. The van der Waals surface area contributed by atoms with Crippen LogP contribution in [0.5, 0.6) is 5.75 Å². The standard InChI is InChI=1S/C17H19N3O3/c1-9-10(2)17(21)23-15-8-13(6-7-14(9)15)22-11(3)16-18-12(4)19-20(16)5/h6-8,11H,1-5H3. The van der Waals surface area contributed by atoms with Crippen LogP contribution in [0.3, 0.4) is 0 Å². The third-order valence-corrected chi connectivity index (χ3v) is 4.01. The van der Waals surface area contributed by atoms with Gasteiger partial charge in [0.1, 0.15) is 17.2 Å². The summed E-state index contributed by atoms with van der Waals surface area (Å²) in [6.07, 6.45) is -0.267. The summed E-state index contributed by atoms with van der Waals surface area (Å²) in [5, 5.41) is 5.14. The third kappa shape index (κ3) is 2.72. The van der Waals surface area contributed by atoms with Gasteiger partial charge < -0.3 is 9.15 Å². The number of fused-ring (bicyclic) bond motifs is 1. The number of benzene rings is 1. The topological polar surface area (TPSA) is 70.2 Å². The number of ether oxygens (including phenoxy) is 1. The molecule has 1 unspecified atom stereocenters. The van der Waals surface area contributed by atoms with Crippen molar-refractivity contribution < 1.29 is 9.15 Å². The lowest BCUT2D eigenvalue weighted by molar-refractivity contribution is 0.211. The van der Waals surface area contributed by atoms with Crippen LogP contribution in [0.25, 0.3) is 11.0 Å². The predicted octanol–water partition coefficient (Wildman–Crippen LogP) is 2.99. The fourth-order valence-corrected chi connectivity index (χ4v) is 2.64. The second-order valence-corrected chi connectivity index (χ2v) is 5.70. The Kier molecular flexibility index (Phi) is 3.67.